The van der Waals surface area contributed by atoms with Gasteiger partial charge in [-0.05, 0) is 30.2 Å². The summed E-state index contributed by atoms with van der Waals surface area (Å²) in [5.74, 6) is 1.45. The molecule has 84 valence electrons. The van der Waals surface area contributed by atoms with Crippen molar-refractivity contribution in [2.24, 2.45) is 5.92 Å². The van der Waals surface area contributed by atoms with E-state index < -0.39 is 0 Å². The quantitative estimate of drug-likeness (QED) is 0.851. The van der Waals surface area contributed by atoms with Crippen molar-refractivity contribution in [3.8, 4) is 11.3 Å². The van der Waals surface area contributed by atoms with E-state index >= 15 is 0 Å². The van der Waals surface area contributed by atoms with Crippen LogP contribution in [-0.4, -0.2) is 11.5 Å². The number of hydrogen-bond acceptors (Lipinski definition) is 3. The van der Waals surface area contributed by atoms with Crippen LogP contribution in [0.3, 0.4) is 0 Å². The van der Waals surface area contributed by atoms with E-state index in [2.05, 4.69) is 36.3 Å². The van der Waals surface area contributed by atoms with Crippen molar-refractivity contribution in [1.29, 1.82) is 0 Å². The number of benzene rings is 1. The highest BCUT2D eigenvalue weighted by molar-refractivity contribution is 5.60. The van der Waals surface area contributed by atoms with Crippen LogP contribution in [0.2, 0.25) is 0 Å². The third-order valence-corrected chi connectivity index (χ3v) is 2.32. The van der Waals surface area contributed by atoms with Crippen LogP contribution >= 0.6 is 0 Å². The maximum absolute atomic E-state index is 5.23. The van der Waals surface area contributed by atoms with Crippen LogP contribution in [0, 0.1) is 5.92 Å². The fraction of sp³-hybridized carbons (Fsp3) is 0.308. The van der Waals surface area contributed by atoms with Crippen LogP contribution in [0.15, 0.2) is 41.3 Å². The van der Waals surface area contributed by atoms with Crippen LogP contribution in [-0.2, 0) is 0 Å². The standard InChI is InChI=1S/C13H16N2O/c1-10(2)7-15-12-5-3-11(4-6-12)13-8-14-9-16-13/h3-6,8-10,15H,7H2,1-2H3. The van der Waals surface area contributed by atoms with Crippen LogP contribution < -0.4 is 5.32 Å². The number of oxazole rings is 1. The Morgan fingerprint density at radius 3 is 2.56 bits per heavy atom. The van der Waals surface area contributed by atoms with Gasteiger partial charge in [0.2, 0.25) is 0 Å². The summed E-state index contributed by atoms with van der Waals surface area (Å²) >= 11 is 0. The number of aromatic nitrogens is 1. The van der Waals surface area contributed by atoms with Crippen LogP contribution in [0.25, 0.3) is 11.3 Å². The molecule has 0 atom stereocenters. The molecule has 1 aromatic heterocycles. The Labute approximate surface area is 95.5 Å². The summed E-state index contributed by atoms with van der Waals surface area (Å²) in [5.41, 5.74) is 2.18. The number of rotatable bonds is 4. The first-order valence-corrected chi connectivity index (χ1v) is 5.48. The zero-order valence-corrected chi connectivity index (χ0v) is 9.60. The van der Waals surface area contributed by atoms with Crippen molar-refractivity contribution in [3.63, 3.8) is 0 Å². The molecule has 0 aliphatic carbocycles. The van der Waals surface area contributed by atoms with E-state index in [4.69, 9.17) is 4.42 Å². The summed E-state index contributed by atoms with van der Waals surface area (Å²) in [6, 6.07) is 8.17. The lowest BCUT2D eigenvalue weighted by Gasteiger charge is -2.08. The van der Waals surface area contributed by atoms with Gasteiger partial charge in [0.1, 0.15) is 0 Å². The van der Waals surface area contributed by atoms with E-state index in [0.29, 0.717) is 5.92 Å². The number of nitrogens with one attached hydrogen (secondary N) is 1. The van der Waals surface area contributed by atoms with Gasteiger partial charge in [-0.2, -0.15) is 0 Å². The lowest BCUT2D eigenvalue weighted by atomic mass is 10.1. The van der Waals surface area contributed by atoms with Crippen molar-refractivity contribution < 1.29 is 4.42 Å². The predicted octanol–water partition coefficient (Wildman–Crippen LogP) is 3.41. The summed E-state index contributed by atoms with van der Waals surface area (Å²) in [5, 5.41) is 3.37. The fourth-order valence-electron chi connectivity index (χ4n) is 1.43. The Kier molecular flexibility index (Phi) is 3.25. The molecule has 0 saturated heterocycles. The monoisotopic (exact) mass is 216 g/mol. The smallest absolute Gasteiger partial charge is 0.181 e. The van der Waals surface area contributed by atoms with Gasteiger partial charge in [-0.1, -0.05) is 13.8 Å². The van der Waals surface area contributed by atoms with Gasteiger partial charge in [0.05, 0.1) is 6.20 Å². The minimum absolute atomic E-state index is 0.647. The van der Waals surface area contributed by atoms with Gasteiger partial charge in [-0.3, -0.25) is 0 Å². The minimum atomic E-state index is 0.647. The summed E-state index contributed by atoms with van der Waals surface area (Å²) in [6.45, 7) is 5.37. The van der Waals surface area contributed by atoms with Crippen molar-refractivity contribution in [2.45, 2.75) is 13.8 Å². The Hall–Kier alpha value is -1.77. The normalized spacial score (nSPS) is 10.7. The second-order valence-corrected chi connectivity index (χ2v) is 4.22. The Morgan fingerprint density at radius 1 is 1.25 bits per heavy atom. The molecule has 2 aromatic rings. The molecule has 1 aromatic carbocycles. The predicted molar refractivity (Wildman–Crippen MR) is 65.3 cm³/mol. The molecule has 0 saturated carbocycles. The highest BCUT2D eigenvalue weighted by Gasteiger charge is 2.01. The fourth-order valence-corrected chi connectivity index (χ4v) is 1.43. The third kappa shape index (κ3) is 2.63. The summed E-state index contributed by atoms with van der Waals surface area (Å²) < 4.78 is 5.23. The zero-order chi connectivity index (χ0) is 11.4. The molecule has 0 aliphatic heterocycles. The largest absolute Gasteiger partial charge is 0.444 e. The second kappa shape index (κ2) is 4.84. The first kappa shape index (κ1) is 10.7. The van der Waals surface area contributed by atoms with Gasteiger partial charge in [0.15, 0.2) is 12.2 Å². The molecule has 0 amide bonds. The van der Waals surface area contributed by atoms with Crippen molar-refractivity contribution in [3.05, 3.63) is 36.9 Å². The lowest BCUT2D eigenvalue weighted by Crippen LogP contribution is -2.07. The van der Waals surface area contributed by atoms with Crippen LogP contribution in [0.4, 0.5) is 5.69 Å². The Morgan fingerprint density at radius 2 is 2.00 bits per heavy atom. The van der Waals surface area contributed by atoms with Crippen LogP contribution in [0.5, 0.6) is 0 Å². The molecule has 3 nitrogen and oxygen atoms in total. The highest BCUT2D eigenvalue weighted by Crippen LogP contribution is 2.20. The van der Waals surface area contributed by atoms with E-state index in [1.54, 1.807) is 6.20 Å². The molecule has 0 radical (unpaired) electrons. The SMILES string of the molecule is CC(C)CNc1ccc(-c2cnco2)cc1. The second-order valence-electron chi connectivity index (χ2n) is 4.22. The van der Waals surface area contributed by atoms with Gasteiger partial charge < -0.3 is 9.73 Å². The summed E-state index contributed by atoms with van der Waals surface area (Å²) in [4.78, 5) is 3.90. The van der Waals surface area contributed by atoms with Gasteiger partial charge in [-0.15, -0.1) is 0 Å². The summed E-state index contributed by atoms with van der Waals surface area (Å²) in [7, 11) is 0. The number of hydrogen-bond donors (Lipinski definition) is 1. The highest BCUT2D eigenvalue weighted by atomic mass is 16.3. The first-order chi connectivity index (χ1) is 7.75. The zero-order valence-electron chi connectivity index (χ0n) is 9.60. The number of anilines is 1. The van der Waals surface area contributed by atoms with Gasteiger partial charge in [0.25, 0.3) is 0 Å². The Bertz CT molecular complexity index is 418. The molecular weight excluding hydrogens is 200 g/mol. The molecule has 0 bridgehead atoms. The van der Waals surface area contributed by atoms with Gasteiger partial charge in [-0.25, -0.2) is 4.98 Å². The first-order valence-electron chi connectivity index (χ1n) is 5.48. The van der Waals surface area contributed by atoms with E-state index in [0.717, 1.165) is 23.6 Å². The van der Waals surface area contributed by atoms with E-state index in [1.165, 1.54) is 6.39 Å². The molecule has 1 heterocycles. The molecular formula is C13H16N2O. The molecule has 0 aliphatic rings. The minimum Gasteiger partial charge on any atom is -0.444 e. The Balaban J connectivity index is 2.05. The van der Waals surface area contributed by atoms with Crippen LogP contribution in [0.1, 0.15) is 13.8 Å². The van der Waals surface area contributed by atoms with E-state index in [1.807, 2.05) is 12.1 Å². The maximum atomic E-state index is 5.23. The lowest BCUT2D eigenvalue weighted by molar-refractivity contribution is 0.572. The van der Waals surface area contributed by atoms with Gasteiger partial charge >= 0.3 is 0 Å². The molecule has 3 heteroatoms. The third-order valence-electron chi connectivity index (χ3n) is 2.32. The molecule has 0 spiro atoms. The van der Waals surface area contributed by atoms with Gasteiger partial charge in [0, 0.05) is 17.8 Å². The number of nitrogens with zero attached hydrogens (tertiary/aromatic N) is 1. The summed E-state index contributed by atoms with van der Waals surface area (Å²) in [6.07, 6.45) is 3.16. The topological polar surface area (TPSA) is 38.1 Å². The molecule has 0 fully saturated rings. The van der Waals surface area contributed by atoms with Crippen molar-refractivity contribution in [1.82, 2.24) is 4.98 Å². The molecule has 16 heavy (non-hydrogen) atoms. The average Bonchev–Trinajstić information content (AvgIpc) is 2.80. The van der Waals surface area contributed by atoms with E-state index in [9.17, 15) is 0 Å². The van der Waals surface area contributed by atoms with E-state index in [-0.39, 0.29) is 0 Å². The average molecular weight is 216 g/mol. The molecule has 0 unspecified atom stereocenters. The molecule has 2 rings (SSSR count). The maximum Gasteiger partial charge on any atom is 0.181 e. The van der Waals surface area contributed by atoms with Crippen molar-refractivity contribution in [2.75, 3.05) is 11.9 Å². The molecule has 1 N–H and O–H groups in total. The van der Waals surface area contributed by atoms with Crippen molar-refractivity contribution >= 4 is 5.69 Å².